The zero-order chi connectivity index (χ0) is 15.2. The molecule has 0 aliphatic rings. The summed E-state index contributed by atoms with van der Waals surface area (Å²) < 4.78 is 5.13. The van der Waals surface area contributed by atoms with Crippen molar-refractivity contribution in [1.29, 1.82) is 0 Å². The van der Waals surface area contributed by atoms with Crippen molar-refractivity contribution in [1.82, 2.24) is 0 Å². The van der Waals surface area contributed by atoms with E-state index in [9.17, 15) is 4.79 Å². The van der Waals surface area contributed by atoms with Crippen LogP contribution in [0, 0.1) is 0 Å². The van der Waals surface area contributed by atoms with Crippen LogP contribution in [-0.2, 0) is 11.2 Å². The molecule has 0 atom stereocenters. The number of nitrogens with one attached hydrogen (secondary N) is 1. The van der Waals surface area contributed by atoms with Gasteiger partial charge in [0, 0.05) is 29.7 Å². The summed E-state index contributed by atoms with van der Waals surface area (Å²) in [5, 5.41) is 3.34. The van der Waals surface area contributed by atoms with Gasteiger partial charge in [-0.3, -0.25) is 4.79 Å². The summed E-state index contributed by atoms with van der Waals surface area (Å²) in [7, 11) is 1.69. The van der Waals surface area contributed by atoms with Gasteiger partial charge >= 0.3 is 0 Å². The minimum absolute atomic E-state index is 0.0381. The molecule has 0 aliphatic carbocycles. The lowest BCUT2D eigenvalue weighted by Crippen LogP contribution is -2.03. The molecule has 110 valence electrons. The number of hydrogen-bond donors (Lipinski definition) is 2. The quantitative estimate of drug-likeness (QED) is 0.630. The van der Waals surface area contributed by atoms with Gasteiger partial charge in [0.25, 0.3) is 0 Å². The Morgan fingerprint density at radius 2 is 2.00 bits per heavy atom. The van der Waals surface area contributed by atoms with Gasteiger partial charge in [0.15, 0.2) is 5.78 Å². The maximum absolute atomic E-state index is 11.6. The highest BCUT2D eigenvalue weighted by Crippen LogP contribution is 2.24. The third-order valence-corrected chi connectivity index (χ3v) is 3.30. The molecule has 4 heteroatoms. The summed E-state index contributed by atoms with van der Waals surface area (Å²) in [6.45, 7) is 2.18. The second-order valence-electron chi connectivity index (χ2n) is 4.88. The minimum Gasteiger partial charge on any atom is -0.398 e. The highest BCUT2D eigenvalue weighted by atomic mass is 16.5. The Morgan fingerprint density at radius 1 is 1.24 bits per heavy atom. The van der Waals surface area contributed by atoms with Crippen LogP contribution >= 0.6 is 0 Å². The predicted octanol–water partition coefficient (Wildman–Crippen LogP) is 3.40. The fourth-order valence-electron chi connectivity index (χ4n) is 2.17. The van der Waals surface area contributed by atoms with Crippen LogP contribution in [0.2, 0.25) is 0 Å². The molecule has 0 bridgehead atoms. The zero-order valence-electron chi connectivity index (χ0n) is 12.3. The fourth-order valence-corrected chi connectivity index (χ4v) is 2.17. The number of carbonyl (C=O) groups excluding carboxylic acids is 1. The van der Waals surface area contributed by atoms with Crippen molar-refractivity contribution in [3.63, 3.8) is 0 Å². The number of rotatable bonds is 6. The van der Waals surface area contributed by atoms with Gasteiger partial charge in [-0.2, -0.15) is 0 Å². The molecule has 0 aliphatic heterocycles. The molecule has 2 aromatic carbocycles. The lowest BCUT2D eigenvalue weighted by Gasteiger charge is -2.13. The molecule has 0 saturated heterocycles. The highest BCUT2D eigenvalue weighted by Gasteiger charge is 2.07. The molecular weight excluding hydrogens is 264 g/mol. The molecule has 2 rings (SSSR count). The molecule has 4 nitrogen and oxygen atoms in total. The van der Waals surface area contributed by atoms with Crippen LogP contribution in [0.15, 0.2) is 42.5 Å². The Bertz CT molecular complexity index is 638. The second-order valence-corrected chi connectivity index (χ2v) is 4.88. The van der Waals surface area contributed by atoms with E-state index >= 15 is 0 Å². The summed E-state index contributed by atoms with van der Waals surface area (Å²) in [5.41, 5.74) is 9.87. The Kier molecular flexibility index (Phi) is 4.95. The predicted molar refractivity (Wildman–Crippen MR) is 86.2 cm³/mol. The first-order valence-corrected chi connectivity index (χ1v) is 6.86. The summed E-state index contributed by atoms with van der Waals surface area (Å²) >= 11 is 0. The minimum atomic E-state index is -0.0381. The molecule has 0 fully saturated rings. The molecule has 2 aromatic rings. The third-order valence-electron chi connectivity index (χ3n) is 3.30. The third kappa shape index (κ3) is 3.83. The molecule has 0 amide bonds. The Hall–Kier alpha value is -2.33. The molecule has 0 heterocycles. The van der Waals surface area contributed by atoms with E-state index in [1.807, 2.05) is 24.3 Å². The molecule has 3 N–H and O–H groups in total. The van der Waals surface area contributed by atoms with E-state index in [4.69, 9.17) is 10.5 Å². The van der Waals surface area contributed by atoms with E-state index < -0.39 is 0 Å². The number of ketones is 1. The normalized spacial score (nSPS) is 10.4. The van der Waals surface area contributed by atoms with Crippen LogP contribution in [0.5, 0.6) is 0 Å². The lowest BCUT2D eigenvalue weighted by molar-refractivity contribution is 0.101. The molecule has 0 aromatic heterocycles. The van der Waals surface area contributed by atoms with Crippen molar-refractivity contribution in [3.8, 4) is 0 Å². The number of nitrogen functional groups attached to an aromatic ring is 1. The average molecular weight is 284 g/mol. The molecule has 0 unspecified atom stereocenters. The Labute approximate surface area is 124 Å². The number of hydrogen-bond acceptors (Lipinski definition) is 4. The SMILES string of the molecule is COCCc1ccccc1Nc1ccc(N)c(C(C)=O)c1. The van der Waals surface area contributed by atoms with Crippen LogP contribution in [0.3, 0.4) is 0 Å². The van der Waals surface area contributed by atoms with E-state index in [0.29, 0.717) is 17.9 Å². The first-order valence-electron chi connectivity index (χ1n) is 6.86. The van der Waals surface area contributed by atoms with Gasteiger partial charge in [0.05, 0.1) is 6.61 Å². The first-order chi connectivity index (χ1) is 10.1. The van der Waals surface area contributed by atoms with Crippen LogP contribution < -0.4 is 11.1 Å². The summed E-state index contributed by atoms with van der Waals surface area (Å²) in [4.78, 5) is 11.6. The molecule has 0 radical (unpaired) electrons. The van der Waals surface area contributed by atoms with Crippen LogP contribution in [-0.4, -0.2) is 19.5 Å². The second kappa shape index (κ2) is 6.90. The maximum atomic E-state index is 11.6. The summed E-state index contributed by atoms with van der Waals surface area (Å²) in [6.07, 6.45) is 0.828. The molecular formula is C17H20N2O2. The van der Waals surface area contributed by atoms with Crippen molar-refractivity contribution in [2.24, 2.45) is 0 Å². The van der Waals surface area contributed by atoms with Gasteiger partial charge in [-0.1, -0.05) is 18.2 Å². The number of para-hydroxylation sites is 1. The van der Waals surface area contributed by atoms with E-state index in [-0.39, 0.29) is 5.78 Å². The van der Waals surface area contributed by atoms with Crippen molar-refractivity contribution < 1.29 is 9.53 Å². The topological polar surface area (TPSA) is 64.3 Å². The van der Waals surface area contributed by atoms with Gasteiger partial charge in [-0.25, -0.2) is 0 Å². The van der Waals surface area contributed by atoms with Gasteiger partial charge in [0.1, 0.15) is 0 Å². The van der Waals surface area contributed by atoms with Crippen molar-refractivity contribution in [2.75, 3.05) is 24.8 Å². The summed E-state index contributed by atoms with van der Waals surface area (Å²) in [5.74, 6) is -0.0381. The zero-order valence-corrected chi connectivity index (χ0v) is 12.3. The van der Waals surface area contributed by atoms with Crippen LogP contribution in [0.4, 0.5) is 17.1 Å². The van der Waals surface area contributed by atoms with E-state index in [0.717, 1.165) is 17.8 Å². The standard InChI is InChI=1S/C17H20N2O2/c1-12(20)15-11-14(7-8-16(15)18)19-17-6-4-3-5-13(17)9-10-21-2/h3-8,11,19H,9-10,18H2,1-2H3. The Morgan fingerprint density at radius 3 is 2.71 bits per heavy atom. The van der Waals surface area contributed by atoms with Crippen molar-refractivity contribution in [3.05, 3.63) is 53.6 Å². The van der Waals surface area contributed by atoms with Gasteiger partial charge in [-0.15, -0.1) is 0 Å². The van der Waals surface area contributed by atoms with Gasteiger partial charge < -0.3 is 15.8 Å². The van der Waals surface area contributed by atoms with Gasteiger partial charge in [0.2, 0.25) is 0 Å². The lowest BCUT2D eigenvalue weighted by atomic mass is 10.1. The van der Waals surface area contributed by atoms with Gasteiger partial charge in [-0.05, 0) is 43.2 Å². The van der Waals surface area contributed by atoms with E-state index in [1.165, 1.54) is 12.5 Å². The van der Waals surface area contributed by atoms with Crippen LogP contribution in [0.1, 0.15) is 22.8 Å². The highest BCUT2D eigenvalue weighted by molar-refractivity contribution is 6.00. The number of carbonyl (C=O) groups is 1. The van der Waals surface area contributed by atoms with E-state index in [2.05, 4.69) is 11.4 Å². The number of benzene rings is 2. The van der Waals surface area contributed by atoms with E-state index in [1.54, 1.807) is 19.2 Å². The number of methoxy groups -OCH3 is 1. The number of nitrogens with two attached hydrogens (primary N) is 1. The number of ether oxygens (including phenoxy) is 1. The van der Waals surface area contributed by atoms with Crippen molar-refractivity contribution in [2.45, 2.75) is 13.3 Å². The summed E-state index contributed by atoms with van der Waals surface area (Å²) in [6, 6.07) is 13.4. The first kappa shape index (κ1) is 15.1. The molecule has 0 spiro atoms. The Balaban J connectivity index is 2.26. The largest absolute Gasteiger partial charge is 0.398 e. The van der Waals surface area contributed by atoms with Crippen LogP contribution in [0.25, 0.3) is 0 Å². The fraction of sp³-hybridized carbons (Fsp3) is 0.235. The number of anilines is 3. The molecule has 0 saturated carbocycles. The number of Topliss-reactive ketones (excluding diaryl/α,β-unsaturated/α-hetero) is 1. The average Bonchev–Trinajstić information content (AvgIpc) is 2.48. The van der Waals surface area contributed by atoms with Crippen molar-refractivity contribution >= 4 is 22.8 Å². The maximum Gasteiger partial charge on any atom is 0.161 e. The monoisotopic (exact) mass is 284 g/mol. The smallest absolute Gasteiger partial charge is 0.161 e. The molecule has 21 heavy (non-hydrogen) atoms.